The van der Waals surface area contributed by atoms with Crippen molar-refractivity contribution >= 4 is 5.97 Å². The van der Waals surface area contributed by atoms with Crippen molar-refractivity contribution in [1.82, 2.24) is 9.78 Å². The Bertz CT molecular complexity index is 615. The van der Waals surface area contributed by atoms with E-state index in [2.05, 4.69) is 12.0 Å². The molecule has 1 heterocycles. The summed E-state index contributed by atoms with van der Waals surface area (Å²) in [7, 11) is 1.88. The fourth-order valence-electron chi connectivity index (χ4n) is 2.22. The number of carboxylic acid groups (broad SMARTS) is 1. The van der Waals surface area contributed by atoms with Crippen molar-refractivity contribution in [2.24, 2.45) is 7.05 Å². The van der Waals surface area contributed by atoms with E-state index in [0.717, 1.165) is 35.2 Å². The van der Waals surface area contributed by atoms with Crippen molar-refractivity contribution in [3.63, 3.8) is 0 Å². The van der Waals surface area contributed by atoms with E-state index in [9.17, 15) is 9.90 Å². The van der Waals surface area contributed by atoms with Crippen molar-refractivity contribution < 1.29 is 9.90 Å². The van der Waals surface area contributed by atoms with Crippen LogP contribution in [0.4, 0.5) is 0 Å². The summed E-state index contributed by atoms with van der Waals surface area (Å²) >= 11 is 0. The molecule has 0 unspecified atom stereocenters. The molecule has 100 valence electrons. The molecule has 0 spiro atoms. The second kappa shape index (κ2) is 5.26. The van der Waals surface area contributed by atoms with E-state index in [0.29, 0.717) is 5.56 Å². The van der Waals surface area contributed by atoms with Crippen LogP contribution in [0.1, 0.15) is 35.0 Å². The average Bonchev–Trinajstić information content (AvgIpc) is 2.71. The van der Waals surface area contributed by atoms with Gasteiger partial charge in [-0.2, -0.15) is 5.10 Å². The SMILES string of the molecule is CCCc1nn(C)cc1-c1ccc(C)c(C(=O)O)c1. The maximum atomic E-state index is 11.2. The lowest BCUT2D eigenvalue weighted by molar-refractivity contribution is 0.0696. The highest BCUT2D eigenvalue weighted by molar-refractivity contribution is 5.91. The van der Waals surface area contributed by atoms with Gasteiger partial charge in [-0.1, -0.05) is 25.5 Å². The number of carbonyl (C=O) groups is 1. The van der Waals surface area contributed by atoms with Crippen LogP contribution in [-0.4, -0.2) is 20.9 Å². The van der Waals surface area contributed by atoms with Crippen LogP contribution in [0.25, 0.3) is 11.1 Å². The monoisotopic (exact) mass is 258 g/mol. The Hall–Kier alpha value is -2.10. The minimum absolute atomic E-state index is 0.351. The zero-order chi connectivity index (χ0) is 14.0. The van der Waals surface area contributed by atoms with Gasteiger partial charge in [0.2, 0.25) is 0 Å². The van der Waals surface area contributed by atoms with Crippen molar-refractivity contribution in [3.8, 4) is 11.1 Å². The smallest absolute Gasteiger partial charge is 0.335 e. The molecule has 0 bridgehead atoms. The highest BCUT2D eigenvalue weighted by Crippen LogP contribution is 2.26. The minimum Gasteiger partial charge on any atom is -0.478 e. The van der Waals surface area contributed by atoms with Gasteiger partial charge in [-0.3, -0.25) is 4.68 Å². The molecule has 0 radical (unpaired) electrons. The molecule has 1 aromatic carbocycles. The summed E-state index contributed by atoms with van der Waals surface area (Å²) in [5.74, 6) is -0.889. The number of aryl methyl sites for hydroxylation is 3. The standard InChI is InChI=1S/C15H18N2O2/c1-4-5-14-13(9-17(3)16-14)11-7-6-10(2)12(8-11)15(18)19/h6-9H,4-5H2,1-3H3,(H,18,19). The summed E-state index contributed by atoms with van der Waals surface area (Å²) < 4.78 is 1.78. The Balaban J connectivity index is 2.52. The van der Waals surface area contributed by atoms with Crippen LogP contribution in [0, 0.1) is 6.92 Å². The highest BCUT2D eigenvalue weighted by Gasteiger charge is 2.13. The van der Waals surface area contributed by atoms with E-state index in [-0.39, 0.29) is 0 Å². The van der Waals surface area contributed by atoms with Crippen LogP contribution in [-0.2, 0) is 13.5 Å². The third kappa shape index (κ3) is 2.67. The average molecular weight is 258 g/mol. The number of rotatable bonds is 4. The molecule has 0 fully saturated rings. The van der Waals surface area contributed by atoms with Crippen molar-refractivity contribution in [2.45, 2.75) is 26.7 Å². The van der Waals surface area contributed by atoms with Crippen molar-refractivity contribution in [3.05, 3.63) is 41.2 Å². The number of aromatic nitrogens is 2. The maximum absolute atomic E-state index is 11.2. The Kier molecular flexibility index (Phi) is 3.69. The van der Waals surface area contributed by atoms with E-state index >= 15 is 0 Å². The summed E-state index contributed by atoms with van der Waals surface area (Å²) in [5, 5.41) is 13.6. The molecule has 1 N–H and O–H groups in total. The summed E-state index contributed by atoms with van der Waals surface area (Å²) in [5.41, 5.74) is 4.08. The normalized spacial score (nSPS) is 10.7. The minimum atomic E-state index is -0.889. The maximum Gasteiger partial charge on any atom is 0.335 e. The van der Waals surface area contributed by atoms with Gasteiger partial charge in [0.05, 0.1) is 11.3 Å². The molecule has 0 saturated carbocycles. The zero-order valence-electron chi connectivity index (χ0n) is 11.5. The number of aromatic carboxylic acids is 1. The summed E-state index contributed by atoms with van der Waals surface area (Å²) in [6, 6.07) is 5.54. The number of nitrogens with zero attached hydrogens (tertiary/aromatic N) is 2. The Morgan fingerprint density at radius 3 is 2.79 bits per heavy atom. The zero-order valence-corrected chi connectivity index (χ0v) is 11.5. The molecular weight excluding hydrogens is 240 g/mol. The molecule has 2 aromatic rings. The molecule has 0 aliphatic carbocycles. The fourth-order valence-corrected chi connectivity index (χ4v) is 2.22. The second-order valence-corrected chi connectivity index (χ2v) is 4.75. The molecule has 0 aliphatic rings. The molecule has 4 heteroatoms. The Labute approximate surface area is 112 Å². The van der Waals surface area contributed by atoms with Gasteiger partial charge >= 0.3 is 5.97 Å². The van der Waals surface area contributed by atoms with E-state index in [1.165, 1.54) is 0 Å². The molecule has 19 heavy (non-hydrogen) atoms. The van der Waals surface area contributed by atoms with Crippen LogP contribution in [0.3, 0.4) is 0 Å². The molecule has 2 rings (SSSR count). The Morgan fingerprint density at radius 1 is 1.42 bits per heavy atom. The number of benzene rings is 1. The first-order chi connectivity index (χ1) is 9.02. The second-order valence-electron chi connectivity index (χ2n) is 4.75. The van der Waals surface area contributed by atoms with Crippen molar-refractivity contribution in [2.75, 3.05) is 0 Å². The van der Waals surface area contributed by atoms with Gasteiger partial charge in [0.25, 0.3) is 0 Å². The molecular formula is C15H18N2O2. The van der Waals surface area contributed by atoms with Gasteiger partial charge < -0.3 is 5.11 Å². The van der Waals surface area contributed by atoms with E-state index in [4.69, 9.17) is 0 Å². The van der Waals surface area contributed by atoms with Crippen LogP contribution in [0.5, 0.6) is 0 Å². The predicted octanol–water partition coefficient (Wildman–Crippen LogP) is 3.05. The summed E-state index contributed by atoms with van der Waals surface area (Å²) in [4.78, 5) is 11.2. The topological polar surface area (TPSA) is 55.1 Å². The van der Waals surface area contributed by atoms with Crippen LogP contribution >= 0.6 is 0 Å². The van der Waals surface area contributed by atoms with Gasteiger partial charge in [0.15, 0.2) is 0 Å². The van der Waals surface area contributed by atoms with E-state index in [1.807, 2.05) is 32.3 Å². The summed E-state index contributed by atoms with van der Waals surface area (Å²) in [6.45, 7) is 3.92. The number of hydrogen-bond acceptors (Lipinski definition) is 2. The number of carboxylic acids is 1. The molecule has 0 saturated heterocycles. The molecule has 1 aromatic heterocycles. The molecule has 0 atom stereocenters. The van der Waals surface area contributed by atoms with Gasteiger partial charge in [0, 0.05) is 18.8 Å². The first-order valence-electron chi connectivity index (χ1n) is 6.39. The fraction of sp³-hybridized carbons (Fsp3) is 0.333. The largest absolute Gasteiger partial charge is 0.478 e. The predicted molar refractivity (Wildman–Crippen MR) is 74.3 cm³/mol. The third-order valence-electron chi connectivity index (χ3n) is 3.17. The first-order valence-corrected chi connectivity index (χ1v) is 6.39. The van der Waals surface area contributed by atoms with Gasteiger partial charge in [-0.25, -0.2) is 4.79 Å². The van der Waals surface area contributed by atoms with E-state index < -0.39 is 5.97 Å². The molecule has 0 aliphatic heterocycles. The van der Waals surface area contributed by atoms with E-state index in [1.54, 1.807) is 10.7 Å². The molecule has 4 nitrogen and oxygen atoms in total. The third-order valence-corrected chi connectivity index (χ3v) is 3.17. The van der Waals surface area contributed by atoms with Gasteiger partial charge in [-0.05, 0) is 30.5 Å². The van der Waals surface area contributed by atoms with Gasteiger partial charge in [-0.15, -0.1) is 0 Å². The van der Waals surface area contributed by atoms with Gasteiger partial charge in [0.1, 0.15) is 0 Å². The van der Waals surface area contributed by atoms with Crippen LogP contribution in [0.2, 0.25) is 0 Å². The van der Waals surface area contributed by atoms with Crippen LogP contribution < -0.4 is 0 Å². The first kappa shape index (κ1) is 13.3. The van der Waals surface area contributed by atoms with Crippen molar-refractivity contribution in [1.29, 1.82) is 0 Å². The quantitative estimate of drug-likeness (QED) is 0.917. The summed E-state index contributed by atoms with van der Waals surface area (Å²) in [6.07, 6.45) is 3.86. The lowest BCUT2D eigenvalue weighted by Crippen LogP contribution is -2.00. The highest BCUT2D eigenvalue weighted by atomic mass is 16.4. The number of hydrogen-bond donors (Lipinski definition) is 1. The lowest BCUT2D eigenvalue weighted by atomic mass is 9.99. The lowest BCUT2D eigenvalue weighted by Gasteiger charge is -2.05. The molecule has 0 amide bonds. The Morgan fingerprint density at radius 2 is 2.16 bits per heavy atom. The van der Waals surface area contributed by atoms with Crippen LogP contribution in [0.15, 0.2) is 24.4 Å².